The zero-order chi connectivity index (χ0) is 37.2. The highest BCUT2D eigenvalue weighted by Crippen LogP contribution is 2.41. The van der Waals surface area contributed by atoms with E-state index in [0.29, 0.717) is 22.7 Å². The number of thiophene rings is 1. The van der Waals surface area contributed by atoms with Crippen molar-refractivity contribution in [3.63, 3.8) is 0 Å². The van der Waals surface area contributed by atoms with Gasteiger partial charge in [-0.3, -0.25) is 19.3 Å². The Hall–Kier alpha value is -4.22. The molecule has 3 N–H and O–H groups in total. The Kier molecular flexibility index (Phi) is 11.5. The molecule has 2 aromatic carbocycles. The third kappa shape index (κ3) is 10.2. The van der Waals surface area contributed by atoms with E-state index in [9.17, 15) is 45.5 Å². The van der Waals surface area contributed by atoms with E-state index >= 15 is 0 Å². The number of hydrogen-bond acceptors (Lipinski definition) is 8. The lowest BCUT2D eigenvalue weighted by molar-refractivity contribution is -0.143. The monoisotopic (exact) mass is 757 g/mol. The maximum absolute atomic E-state index is 13.5. The number of carbonyl (C=O) groups is 4. The predicted octanol–water partition coefficient (Wildman–Crippen LogP) is 8.27. The number of nitrogens with zero attached hydrogens (tertiary/aromatic N) is 1. The summed E-state index contributed by atoms with van der Waals surface area (Å²) >= 11 is 7.29. The van der Waals surface area contributed by atoms with Crippen molar-refractivity contribution in [2.45, 2.75) is 64.0 Å². The first kappa shape index (κ1) is 38.6. The molecule has 0 spiro atoms. The number of thioether (sulfide) groups is 1. The lowest BCUT2D eigenvalue weighted by Gasteiger charge is -2.26. The van der Waals surface area contributed by atoms with Gasteiger partial charge in [-0.25, -0.2) is 4.79 Å². The van der Waals surface area contributed by atoms with Gasteiger partial charge >= 0.3 is 18.3 Å². The van der Waals surface area contributed by atoms with Crippen LogP contribution in [-0.2, 0) is 31.5 Å². The van der Waals surface area contributed by atoms with Crippen molar-refractivity contribution in [2.24, 2.45) is 5.73 Å². The third-order valence-electron chi connectivity index (χ3n) is 6.95. The van der Waals surface area contributed by atoms with Gasteiger partial charge in [0.1, 0.15) is 9.92 Å². The molecule has 0 bridgehead atoms. The quantitative estimate of drug-likeness (QED) is 0.0926. The summed E-state index contributed by atoms with van der Waals surface area (Å²) in [6.07, 6.45) is -9.12. The Morgan fingerprint density at radius 3 is 2.10 bits per heavy atom. The number of benzene rings is 2. The molecule has 1 aliphatic rings. The topological polar surface area (TPSA) is 119 Å². The van der Waals surface area contributed by atoms with Crippen molar-refractivity contribution in [3.05, 3.63) is 80.4 Å². The van der Waals surface area contributed by atoms with Gasteiger partial charge in [-0.05, 0) is 98.3 Å². The number of amides is 3. The highest BCUT2D eigenvalue weighted by atomic mass is 32.2. The number of alkyl halides is 6. The zero-order valence-electron chi connectivity index (χ0n) is 26.5. The Labute approximate surface area is 296 Å². The molecule has 50 heavy (non-hydrogen) atoms. The number of nitrogens with two attached hydrogens (primary N) is 1. The van der Waals surface area contributed by atoms with E-state index in [1.54, 1.807) is 20.8 Å². The van der Waals surface area contributed by atoms with Gasteiger partial charge in [-0.15, -0.1) is 11.3 Å². The van der Waals surface area contributed by atoms with Crippen LogP contribution in [0.15, 0.2) is 58.8 Å². The minimum atomic E-state index is -5.02. The number of thiocarbonyl (C=S) groups is 1. The molecule has 0 unspecified atom stereocenters. The molecule has 1 atom stereocenters. The van der Waals surface area contributed by atoms with E-state index in [4.69, 9.17) is 22.7 Å². The van der Waals surface area contributed by atoms with E-state index < -0.39 is 58.8 Å². The lowest BCUT2D eigenvalue weighted by Crippen LogP contribution is -2.41. The summed E-state index contributed by atoms with van der Waals surface area (Å²) in [6, 6.07) is 7.66. The second-order valence-electron chi connectivity index (χ2n) is 12.1. The van der Waals surface area contributed by atoms with Crippen LogP contribution in [-0.4, -0.2) is 44.6 Å². The molecular formula is C33H29F6N3O5S3. The van der Waals surface area contributed by atoms with Crippen LogP contribution < -0.4 is 11.1 Å². The molecule has 0 saturated carbocycles. The first-order valence-corrected chi connectivity index (χ1v) is 16.8. The molecule has 2 heterocycles. The number of nitrogens with one attached hydrogen (secondary N) is 1. The fourth-order valence-electron chi connectivity index (χ4n) is 4.71. The van der Waals surface area contributed by atoms with Crippen LogP contribution in [0.1, 0.15) is 66.4 Å². The van der Waals surface area contributed by atoms with Gasteiger partial charge in [0.05, 0.1) is 21.6 Å². The van der Waals surface area contributed by atoms with Crippen LogP contribution >= 0.6 is 35.3 Å². The fraction of sp³-hybridized carbons (Fsp3) is 0.303. The average Bonchev–Trinajstić information content (AvgIpc) is 3.57. The number of halogens is 6. The standard InChI is InChI=1S/C33H29F6N3O5S3/c1-31(2,3)47-29(46)17-4-6-22(7-5-17)41-27(44)14-23(8-9-26(40)43)42-28(45)25(50-30(42)48)15-24-12-19(16-49-24)18-10-20(32(34,35)36)13-21(11-18)33(37,38)39/h4-7,10-13,15-16,23H,8-9,14H2,1-3H3,(H2,40,43)(H,41,44)/t23-/m0/s1. The maximum Gasteiger partial charge on any atom is 0.416 e. The molecule has 4 rings (SSSR count). The molecule has 266 valence electrons. The summed E-state index contributed by atoms with van der Waals surface area (Å²) in [5, 5.41) is 4.04. The van der Waals surface area contributed by atoms with E-state index in [2.05, 4.69) is 5.32 Å². The minimum absolute atomic E-state index is 0.0136. The van der Waals surface area contributed by atoms with Crippen LogP contribution in [0.2, 0.25) is 0 Å². The molecule has 3 amide bonds. The number of anilines is 1. The molecule has 1 saturated heterocycles. The first-order valence-electron chi connectivity index (χ1n) is 14.7. The van der Waals surface area contributed by atoms with Crippen LogP contribution in [0.3, 0.4) is 0 Å². The Morgan fingerprint density at radius 2 is 1.56 bits per heavy atom. The summed E-state index contributed by atoms with van der Waals surface area (Å²) in [4.78, 5) is 52.1. The van der Waals surface area contributed by atoms with Crippen molar-refractivity contribution in [1.82, 2.24) is 4.90 Å². The highest BCUT2D eigenvalue weighted by Gasteiger charge is 2.39. The molecular weight excluding hydrogens is 729 g/mol. The van der Waals surface area contributed by atoms with Gasteiger partial charge in [-0.2, -0.15) is 26.3 Å². The molecule has 17 heteroatoms. The number of hydrogen-bond donors (Lipinski definition) is 2. The fourth-order valence-corrected chi connectivity index (χ4v) is 7.02. The third-order valence-corrected chi connectivity index (χ3v) is 9.16. The largest absolute Gasteiger partial charge is 0.456 e. The van der Waals surface area contributed by atoms with E-state index in [-0.39, 0.29) is 51.2 Å². The molecule has 8 nitrogen and oxygen atoms in total. The Balaban J connectivity index is 1.52. The second-order valence-corrected chi connectivity index (χ2v) is 14.7. The first-order chi connectivity index (χ1) is 23.1. The SMILES string of the molecule is CC(C)(C)OC(=O)c1ccc(NC(=O)C[C@H](CCC(N)=O)N2C(=O)C(=Cc3cc(-c4cc(C(F)(F)F)cc(C(F)(F)F)c4)cs3)SC2=S)cc1. The van der Waals surface area contributed by atoms with Crippen molar-refractivity contribution in [2.75, 3.05) is 5.32 Å². The normalized spacial score (nSPS) is 15.4. The number of primary amides is 1. The van der Waals surface area contributed by atoms with Crippen LogP contribution in [0.5, 0.6) is 0 Å². The lowest BCUT2D eigenvalue weighted by atomic mass is 10.0. The molecule has 0 aliphatic carbocycles. The van der Waals surface area contributed by atoms with Gasteiger partial charge in [0.25, 0.3) is 5.91 Å². The number of carbonyl (C=O) groups excluding carboxylic acids is 4. The van der Waals surface area contributed by atoms with Gasteiger partial charge in [0.2, 0.25) is 11.8 Å². The summed E-state index contributed by atoms with van der Waals surface area (Å²) in [5.41, 5.74) is 2.08. The van der Waals surface area contributed by atoms with Crippen molar-refractivity contribution >= 4 is 75.1 Å². The number of esters is 1. The predicted molar refractivity (Wildman–Crippen MR) is 182 cm³/mol. The second kappa shape index (κ2) is 14.9. The van der Waals surface area contributed by atoms with Gasteiger partial charge < -0.3 is 15.8 Å². The molecule has 3 aromatic rings. The van der Waals surface area contributed by atoms with Gasteiger partial charge in [0.15, 0.2) is 0 Å². The van der Waals surface area contributed by atoms with Crippen molar-refractivity contribution < 1.29 is 50.3 Å². The van der Waals surface area contributed by atoms with Crippen molar-refractivity contribution in [3.8, 4) is 11.1 Å². The van der Waals surface area contributed by atoms with Crippen LogP contribution in [0, 0.1) is 0 Å². The molecule has 0 radical (unpaired) electrons. The Bertz CT molecular complexity index is 1810. The van der Waals surface area contributed by atoms with Gasteiger partial charge in [-0.1, -0.05) is 24.0 Å². The smallest absolute Gasteiger partial charge is 0.416 e. The molecule has 1 aliphatic heterocycles. The number of ether oxygens (including phenoxy) is 1. The summed E-state index contributed by atoms with van der Waals surface area (Å²) in [5.74, 6) is -2.38. The number of rotatable bonds is 10. The minimum Gasteiger partial charge on any atom is -0.456 e. The van der Waals surface area contributed by atoms with Crippen LogP contribution in [0.25, 0.3) is 17.2 Å². The van der Waals surface area contributed by atoms with Crippen molar-refractivity contribution in [1.29, 1.82) is 0 Å². The maximum atomic E-state index is 13.5. The highest BCUT2D eigenvalue weighted by molar-refractivity contribution is 8.26. The average molecular weight is 758 g/mol. The van der Waals surface area contributed by atoms with E-state index in [1.165, 1.54) is 46.7 Å². The summed E-state index contributed by atoms with van der Waals surface area (Å²) < 4.78 is 85.7. The molecule has 1 aromatic heterocycles. The van der Waals surface area contributed by atoms with Gasteiger partial charge in [0, 0.05) is 29.4 Å². The zero-order valence-corrected chi connectivity index (χ0v) is 29.0. The van der Waals surface area contributed by atoms with E-state index in [0.717, 1.165) is 23.1 Å². The summed E-state index contributed by atoms with van der Waals surface area (Å²) in [7, 11) is 0. The molecule has 1 fully saturated rings. The van der Waals surface area contributed by atoms with Crippen LogP contribution in [0.4, 0.5) is 32.0 Å². The Morgan fingerprint density at radius 1 is 0.960 bits per heavy atom. The summed E-state index contributed by atoms with van der Waals surface area (Å²) in [6.45, 7) is 5.18. The van der Waals surface area contributed by atoms with E-state index in [1.807, 2.05) is 0 Å².